The lowest BCUT2D eigenvalue weighted by molar-refractivity contribution is -0.888. The average Bonchev–Trinajstić information content (AvgIpc) is 2.97. The Kier molecular flexibility index (Phi) is 21.4. The molecule has 0 aliphatic rings. The number of hydrogen-bond donors (Lipinski definition) is 0. The first-order valence-corrected chi connectivity index (χ1v) is 18.2. The Morgan fingerprint density at radius 3 is 1.93 bits per heavy atom. The Morgan fingerprint density at radius 2 is 1.38 bits per heavy atom. The molecule has 1 rings (SSSR count). The zero-order chi connectivity index (χ0) is 31.1. The molecule has 0 aliphatic carbocycles. The lowest BCUT2D eigenvalue weighted by Crippen LogP contribution is -2.40. The summed E-state index contributed by atoms with van der Waals surface area (Å²) in [4.78, 5) is 24.5. The van der Waals surface area contributed by atoms with Gasteiger partial charge in [-0.2, -0.15) is 0 Å². The molecule has 0 aliphatic heterocycles. The second kappa shape index (κ2) is 23.2. The summed E-state index contributed by atoms with van der Waals surface area (Å²) in [7, 11) is -0.226. The van der Waals surface area contributed by atoms with Gasteiger partial charge in [-0.3, -0.25) is 9.36 Å². The predicted octanol–water partition coefficient (Wildman–Crippen LogP) is 8.28. The molecule has 0 amide bonds. The maximum Gasteiger partial charge on any atom is 0.267 e. The standard InChI is InChI=1S/C34H62NO6P/c1-6-9-10-11-12-13-14-15-16-17-18-19-26-39-34-23-21-31(22-24-34)28-32(29-33(36)7-2)30-41-42(37,38)40-27-20-25-35(4,5)8-3/h21-24,32H,6-20,25-30H2,1-5H3. The topological polar surface area (TPSA) is 84.9 Å². The van der Waals surface area contributed by atoms with Gasteiger partial charge in [-0.15, -0.1) is 0 Å². The number of rotatable bonds is 28. The Bertz CT molecular complexity index is 860. The fourth-order valence-electron chi connectivity index (χ4n) is 4.91. The molecule has 8 heteroatoms. The SMILES string of the molecule is CCCCCCCCCCCCCCOc1ccc(CC(COP(=O)([O-])OCCC[N+](C)(C)CC)CC(=O)CC)cc1. The van der Waals surface area contributed by atoms with E-state index >= 15 is 0 Å². The van der Waals surface area contributed by atoms with Gasteiger partial charge in [-0.25, -0.2) is 0 Å². The number of Topliss-reactive ketones (excluding diaryl/α,β-unsaturated/α-hetero) is 1. The van der Waals surface area contributed by atoms with E-state index in [4.69, 9.17) is 13.8 Å². The highest BCUT2D eigenvalue weighted by atomic mass is 31.2. The number of hydrogen-bond acceptors (Lipinski definition) is 6. The van der Waals surface area contributed by atoms with E-state index in [2.05, 4.69) is 27.9 Å². The maximum absolute atomic E-state index is 12.3. The summed E-state index contributed by atoms with van der Waals surface area (Å²) in [6.45, 7) is 8.71. The van der Waals surface area contributed by atoms with Crippen LogP contribution in [0.25, 0.3) is 0 Å². The highest BCUT2D eigenvalue weighted by molar-refractivity contribution is 7.45. The minimum Gasteiger partial charge on any atom is -0.756 e. The van der Waals surface area contributed by atoms with Crippen LogP contribution in [-0.2, 0) is 24.8 Å². The van der Waals surface area contributed by atoms with E-state index in [1.165, 1.54) is 70.6 Å². The van der Waals surface area contributed by atoms with Crippen LogP contribution in [0.5, 0.6) is 5.75 Å². The Labute approximate surface area is 257 Å². The molecule has 0 saturated heterocycles. The van der Waals surface area contributed by atoms with Crippen LogP contribution in [0.1, 0.15) is 123 Å². The van der Waals surface area contributed by atoms with Gasteiger partial charge in [0.15, 0.2) is 0 Å². The molecule has 0 saturated carbocycles. The molecule has 0 heterocycles. The number of nitrogens with zero attached hydrogens (tertiary/aromatic N) is 1. The van der Waals surface area contributed by atoms with Crippen molar-refractivity contribution in [2.75, 3.05) is 47.0 Å². The molecule has 0 radical (unpaired) electrons. The third-order valence-electron chi connectivity index (χ3n) is 8.11. The van der Waals surface area contributed by atoms with Gasteiger partial charge in [0.25, 0.3) is 7.82 Å². The van der Waals surface area contributed by atoms with E-state index in [9.17, 15) is 14.3 Å². The van der Waals surface area contributed by atoms with Crippen molar-refractivity contribution < 1.29 is 32.5 Å². The normalized spacial score (nSPS) is 14.0. The molecule has 7 nitrogen and oxygen atoms in total. The van der Waals surface area contributed by atoms with Crippen molar-refractivity contribution in [1.82, 2.24) is 0 Å². The summed E-state index contributed by atoms with van der Waals surface area (Å²) in [6.07, 6.45) is 17.7. The van der Waals surface area contributed by atoms with Gasteiger partial charge >= 0.3 is 0 Å². The zero-order valence-corrected chi connectivity index (χ0v) is 28.5. The van der Waals surface area contributed by atoms with Crippen molar-refractivity contribution in [3.05, 3.63) is 29.8 Å². The van der Waals surface area contributed by atoms with Gasteiger partial charge in [0.05, 0.1) is 47.0 Å². The largest absolute Gasteiger partial charge is 0.756 e. The fourth-order valence-corrected chi connectivity index (χ4v) is 5.73. The number of ketones is 1. The second-order valence-corrected chi connectivity index (χ2v) is 13.9. The summed E-state index contributed by atoms with van der Waals surface area (Å²) < 4.78 is 29.4. The molecule has 0 spiro atoms. The van der Waals surface area contributed by atoms with Gasteiger partial charge in [-0.1, -0.05) is 96.6 Å². The van der Waals surface area contributed by atoms with Crippen LogP contribution >= 0.6 is 7.82 Å². The van der Waals surface area contributed by atoms with Crippen molar-refractivity contribution in [1.29, 1.82) is 0 Å². The Balaban J connectivity index is 2.34. The van der Waals surface area contributed by atoms with E-state index in [1.54, 1.807) is 0 Å². The molecule has 2 unspecified atom stereocenters. The van der Waals surface area contributed by atoms with Crippen LogP contribution < -0.4 is 9.63 Å². The second-order valence-electron chi connectivity index (χ2n) is 12.5. The molecule has 42 heavy (non-hydrogen) atoms. The highest BCUT2D eigenvalue weighted by Crippen LogP contribution is 2.39. The van der Waals surface area contributed by atoms with Crippen LogP contribution in [-0.4, -0.2) is 57.3 Å². The lowest BCUT2D eigenvalue weighted by atomic mass is 9.94. The number of unbranched alkanes of at least 4 members (excludes halogenated alkanes) is 11. The first kappa shape index (κ1) is 38.8. The maximum atomic E-state index is 12.3. The van der Waals surface area contributed by atoms with E-state index in [0.717, 1.165) is 35.3 Å². The molecule has 244 valence electrons. The minimum absolute atomic E-state index is 0.0692. The smallest absolute Gasteiger partial charge is 0.267 e. The average molecular weight is 612 g/mol. The summed E-state index contributed by atoms with van der Waals surface area (Å²) in [5.41, 5.74) is 1.02. The van der Waals surface area contributed by atoms with Gasteiger partial charge < -0.3 is 23.2 Å². The number of phosphoric acid groups is 1. The van der Waals surface area contributed by atoms with E-state index in [1.807, 2.05) is 31.2 Å². The molecular weight excluding hydrogens is 549 g/mol. The fraction of sp³-hybridized carbons (Fsp3) is 0.794. The van der Waals surface area contributed by atoms with Crippen LogP contribution in [0, 0.1) is 5.92 Å². The van der Waals surface area contributed by atoms with Crippen LogP contribution in [0.2, 0.25) is 0 Å². The van der Waals surface area contributed by atoms with E-state index in [0.29, 0.717) is 25.9 Å². The molecular formula is C34H62NO6P. The molecule has 0 bridgehead atoms. The van der Waals surface area contributed by atoms with Gasteiger partial charge in [0, 0.05) is 19.3 Å². The monoisotopic (exact) mass is 611 g/mol. The van der Waals surface area contributed by atoms with Crippen LogP contribution in [0.4, 0.5) is 0 Å². The first-order valence-electron chi connectivity index (χ1n) is 16.8. The number of ether oxygens (including phenoxy) is 1. The summed E-state index contributed by atoms with van der Waals surface area (Å²) in [5, 5.41) is 0. The van der Waals surface area contributed by atoms with Crippen LogP contribution in [0.15, 0.2) is 24.3 Å². The molecule has 2 atom stereocenters. The predicted molar refractivity (Wildman–Crippen MR) is 172 cm³/mol. The van der Waals surface area contributed by atoms with Crippen molar-refractivity contribution >= 4 is 13.6 Å². The number of carbonyl (C=O) groups is 1. The quantitative estimate of drug-likeness (QED) is 0.0539. The van der Waals surface area contributed by atoms with Gasteiger partial charge in [-0.05, 0) is 43.4 Å². The Morgan fingerprint density at radius 1 is 0.810 bits per heavy atom. The third kappa shape index (κ3) is 20.6. The molecule has 1 aromatic rings. The third-order valence-corrected chi connectivity index (χ3v) is 9.07. The van der Waals surface area contributed by atoms with Gasteiger partial charge in [0.2, 0.25) is 0 Å². The van der Waals surface area contributed by atoms with Crippen molar-refractivity contribution in [3.8, 4) is 5.75 Å². The summed E-state index contributed by atoms with van der Waals surface area (Å²) >= 11 is 0. The molecule has 0 fully saturated rings. The first-order chi connectivity index (χ1) is 20.1. The van der Waals surface area contributed by atoms with E-state index in [-0.39, 0.29) is 31.3 Å². The number of quaternary nitrogens is 1. The number of carbonyl (C=O) groups excluding carboxylic acids is 1. The summed E-state index contributed by atoms with van der Waals surface area (Å²) in [6, 6.07) is 7.88. The molecule has 1 aromatic carbocycles. The van der Waals surface area contributed by atoms with Crippen LogP contribution in [0.3, 0.4) is 0 Å². The molecule has 0 aromatic heterocycles. The molecule has 0 N–H and O–H groups in total. The van der Waals surface area contributed by atoms with Crippen molar-refractivity contribution in [2.24, 2.45) is 5.92 Å². The summed E-state index contributed by atoms with van der Waals surface area (Å²) in [5.74, 6) is 0.681. The minimum atomic E-state index is -4.42. The number of phosphoric ester groups is 1. The van der Waals surface area contributed by atoms with Crippen molar-refractivity contribution in [2.45, 2.75) is 124 Å². The zero-order valence-electron chi connectivity index (χ0n) is 27.6. The Hall–Kier alpha value is -1.24. The highest BCUT2D eigenvalue weighted by Gasteiger charge is 2.19. The van der Waals surface area contributed by atoms with Crippen molar-refractivity contribution in [3.63, 3.8) is 0 Å². The van der Waals surface area contributed by atoms with E-state index < -0.39 is 7.82 Å². The van der Waals surface area contributed by atoms with Gasteiger partial charge in [0.1, 0.15) is 11.5 Å². The lowest BCUT2D eigenvalue weighted by Gasteiger charge is -2.29. The number of benzene rings is 1.